The molecule has 0 saturated carbocycles. The van der Waals surface area contributed by atoms with E-state index in [0.717, 1.165) is 31.1 Å². The molecule has 0 bridgehead atoms. The molecule has 0 aliphatic heterocycles. The fourth-order valence-electron chi connectivity index (χ4n) is 3.93. The van der Waals surface area contributed by atoms with Gasteiger partial charge in [-0.3, -0.25) is 27.9 Å². The Hall–Kier alpha value is -4.01. The van der Waals surface area contributed by atoms with Gasteiger partial charge in [0.25, 0.3) is 5.56 Å². The number of fused-ring (bicyclic) bond motifs is 1. The van der Waals surface area contributed by atoms with E-state index in [9.17, 15) is 36.7 Å². The number of hydrogen-bond donors (Lipinski definition) is 1. The van der Waals surface area contributed by atoms with Crippen molar-refractivity contribution in [1.82, 2.24) is 23.3 Å². The first-order valence-corrected chi connectivity index (χ1v) is 11.6. The molecule has 0 spiro atoms. The van der Waals surface area contributed by atoms with Crippen LogP contribution in [0.5, 0.6) is 0 Å². The Balaban J connectivity index is 1.65. The minimum atomic E-state index is -4.84. The van der Waals surface area contributed by atoms with Gasteiger partial charge in [-0.1, -0.05) is 6.07 Å². The number of aromatic nitrogens is 5. The third-order valence-electron chi connectivity index (χ3n) is 5.68. The predicted octanol–water partition coefficient (Wildman–Crippen LogP) is 2.70. The largest absolute Gasteiger partial charge is 0.419 e. The molecule has 0 aliphatic carbocycles. The maximum absolute atomic E-state index is 13.9. The molecule has 0 fully saturated rings. The van der Waals surface area contributed by atoms with E-state index in [4.69, 9.17) is 0 Å². The van der Waals surface area contributed by atoms with Gasteiger partial charge < -0.3 is 5.32 Å². The molecule has 0 atom stereocenters. The van der Waals surface area contributed by atoms with E-state index in [2.05, 4.69) is 10.3 Å². The molecule has 3 heterocycles. The van der Waals surface area contributed by atoms with Gasteiger partial charge in [0.1, 0.15) is 12.4 Å². The highest BCUT2D eigenvalue weighted by Crippen LogP contribution is 2.34. The smallest absolute Gasteiger partial charge is 0.300 e. The summed E-state index contributed by atoms with van der Waals surface area (Å²) in [5, 5.41) is 3.93. The van der Waals surface area contributed by atoms with Crippen molar-refractivity contribution < 1.29 is 22.4 Å². The fraction of sp³-hybridized carbons (Fsp3) is 0.318. The van der Waals surface area contributed by atoms with Crippen LogP contribution >= 0.6 is 11.3 Å². The van der Waals surface area contributed by atoms with Crippen molar-refractivity contribution in [2.45, 2.75) is 32.6 Å². The van der Waals surface area contributed by atoms with Crippen molar-refractivity contribution in [3.05, 3.63) is 66.3 Å². The van der Waals surface area contributed by atoms with Crippen LogP contribution < -0.4 is 22.3 Å². The summed E-state index contributed by atoms with van der Waals surface area (Å²) in [6.07, 6.45) is -4.84. The number of nitrogens with zero attached hydrogens (tertiary/aromatic N) is 5. The molecule has 0 unspecified atom stereocenters. The molecular formula is C22H20F4N6O4S. The van der Waals surface area contributed by atoms with E-state index >= 15 is 0 Å². The van der Waals surface area contributed by atoms with Crippen molar-refractivity contribution in [3.63, 3.8) is 0 Å². The highest BCUT2D eigenvalue weighted by molar-refractivity contribution is 7.14. The van der Waals surface area contributed by atoms with Crippen LogP contribution in [0.3, 0.4) is 0 Å². The monoisotopic (exact) mass is 540 g/mol. The van der Waals surface area contributed by atoms with E-state index < -0.39 is 53.0 Å². The van der Waals surface area contributed by atoms with Gasteiger partial charge in [-0.2, -0.15) is 13.2 Å². The first kappa shape index (κ1) is 26.1. The summed E-state index contributed by atoms with van der Waals surface area (Å²) in [6, 6.07) is 1.94. The summed E-state index contributed by atoms with van der Waals surface area (Å²) < 4.78 is 56.5. The molecule has 10 nitrogen and oxygen atoms in total. The van der Waals surface area contributed by atoms with E-state index in [1.54, 1.807) is 13.8 Å². The first-order chi connectivity index (χ1) is 17.2. The number of rotatable bonds is 5. The zero-order valence-corrected chi connectivity index (χ0v) is 20.7. The molecule has 0 radical (unpaired) electrons. The van der Waals surface area contributed by atoms with Crippen LogP contribution in [-0.2, 0) is 31.6 Å². The Morgan fingerprint density at radius 2 is 1.78 bits per heavy atom. The van der Waals surface area contributed by atoms with Crippen molar-refractivity contribution in [2.24, 2.45) is 14.1 Å². The molecule has 1 aromatic carbocycles. The predicted molar refractivity (Wildman–Crippen MR) is 128 cm³/mol. The van der Waals surface area contributed by atoms with Crippen LogP contribution in [0.25, 0.3) is 22.4 Å². The quantitative estimate of drug-likeness (QED) is 0.391. The maximum atomic E-state index is 13.9. The Bertz CT molecular complexity index is 1720. The Labute approximate surface area is 209 Å². The van der Waals surface area contributed by atoms with Crippen LogP contribution in [0.1, 0.15) is 25.5 Å². The lowest BCUT2D eigenvalue weighted by atomic mass is 10.1. The number of carbonyl (C=O) groups is 1. The number of alkyl halides is 3. The topological polar surface area (TPSA) is 113 Å². The standard InChI is InChI=1S/C22H20F4N6O4S/c1-10(2)32-17-16(18(34)30(4)20(35)29(17)3)31(21(32)36)8-15(33)28-19-27-14(9-37-19)11-5-6-12(13(23)7-11)22(24,25)26/h5-7,9-10H,8H2,1-4H3,(H,27,28,33). The molecule has 4 rings (SSSR count). The number of thiazole rings is 1. The van der Waals surface area contributed by atoms with Gasteiger partial charge in [-0.05, 0) is 26.0 Å². The lowest BCUT2D eigenvalue weighted by Gasteiger charge is -2.10. The number of halogens is 4. The Morgan fingerprint density at radius 1 is 1.11 bits per heavy atom. The fourth-order valence-corrected chi connectivity index (χ4v) is 4.66. The molecule has 37 heavy (non-hydrogen) atoms. The first-order valence-electron chi connectivity index (χ1n) is 10.8. The second-order valence-electron chi connectivity index (χ2n) is 8.49. The summed E-state index contributed by atoms with van der Waals surface area (Å²) in [4.78, 5) is 55.3. The Kier molecular flexibility index (Phi) is 6.44. The second-order valence-corrected chi connectivity index (χ2v) is 9.35. The molecule has 4 aromatic rings. The number of carbonyl (C=O) groups excluding carboxylic acids is 1. The number of hydrogen-bond acceptors (Lipinski definition) is 6. The maximum Gasteiger partial charge on any atom is 0.419 e. The summed E-state index contributed by atoms with van der Waals surface area (Å²) >= 11 is 0.935. The Morgan fingerprint density at radius 3 is 2.38 bits per heavy atom. The zero-order chi connectivity index (χ0) is 27.4. The average molecular weight is 540 g/mol. The number of nitrogens with one attached hydrogen (secondary N) is 1. The number of amides is 1. The molecule has 15 heteroatoms. The number of aryl methyl sites for hydroxylation is 1. The minimum Gasteiger partial charge on any atom is -0.300 e. The van der Waals surface area contributed by atoms with Gasteiger partial charge in [0.05, 0.1) is 11.3 Å². The van der Waals surface area contributed by atoms with Crippen LogP contribution in [0.4, 0.5) is 22.7 Å². The van der Waals surface area contributed by atoms with Gasteiger partial charge in [0, 0.05) is 31.1 Å². The molecule has 1 N–H and O–H groups in total. The molecule has 1 amide bonds. The lowest BCUT2D eigenvalue weighted by molar-refractivity contribution is -0.140. The van der Waals surface area contributed by atoms with E-state index in [1.807, 2.05) is 0 Å². The molecule has 196 valence electrons. The van der Waals surface area contributed by atoms with Crippen LogP contribution in [-0.4, -0.2) is 29.2 Å². The van der Waals surface area contributed by atoms with E-state index in [1.165, 1.54) is 24.0 Å². The van der Waals surface area contributed by atoms with Gasteiger partial charge in [-0.25, -0.2) is 19.0 Å². The van der Waals surface area contributed by atoms with Crippen LogP contribution in [0, 0.1) is 5.82 Å². The minimum absolute atomic E-state index is 0.0428. The second kappa shape index (κ2) is 9.14. The zero-order valence-electron chi connectivity index (χ0n) is 19.9. The van der Waals surface area contributed by atoms with E-state index in [0.29, 0.717) is 12.1 Å². The highest BCUT2D eigenvalue weighted by atomic mass is 32.1. The summed E-state index contributed by atoms with van der Waals surface area (Å²) in [5.74, 6) is -2.18. The number of anilines is 1. The van der Waals surface area contributed by atoms with Crippen molar-refractivity contribution in [1.29, 1.82) is 0 Å². The van der Waals surface area contributed by atoms with Gasteiger partial charge in [0.15, 0.2) is 16.3 Å². The normalized spacial score (nSPS) is 12.0. The highest BCUT2D eigenvalue weighted by Gasteiger charge is 2.34. The molecule has 0 aliphatic rings. The van der Waals surface area contributed by atoms with E-state index in [-0.39, 0.29) is 27.6 Å². The average Bonchev–Trinajstić information content (AvgIpc) is 3.38. The van der Waals surface area contributed by atoms with Crippen molar-refractivity contribution in [3.8, 4) is 11.3 Å². The van der Waals surface area contributed by atoms with Gasteiger partial charge in [0.2, 0.25) is 5.91 Å². The lowest BCUT2D eigenvalue weighted by Crippen LogP contribution is -2.38. The van der Waals surface area contributed by atoms with Crippen LogP contribution in [0.15, 0.2) is 38.0 Å². The third-order valence-corrected chi connectivity index (χ3v) is 6.44. The molecule has 3 aromatic heterocycles. The number of imidazole rings is 1. The SMILES string of the molecule is CC(C)n1c(=O)n(CC(=O)Nc2nc(-c3ccc(C(F)(F)F)c(F)c3)cs2)c2c(=O)n(C)c(=O)n(C)c21. The van der Waals surface area contributed by atoms with Crippen molar-refractivity contribution >= 4 is 33.5 Å². The van der Waals surface area contributed by atoms with Gasteiger partial charge >= 0.3 is 17.6 Å². The molecular weight excluding hydrogens is 520 g/mol. The summed E-state index contributed by atoms with van der Waals surface area (Å²) in [5.41, 5.74) is -3.31. The molecule has 0 saturated heterocycles. The number of benzene rings is 1. The van der Waals surface area contributed by atoms with Crippen LogP contribution in [0.2, 0.25) is 0 Å². The summed E-state index contributed by atoms with van der Waals surface area (Å²) in [6.45, 7) is 2.80. The summed E-state index contributed by atoms with van der Waals surface area (Å²) in [7, 11) is 2.67. The third kappa shape index (κ3) is 4.50. The van der Waals surface area contributed by atoms with Crippen molar-refractivity contribution in [2.75, 3.05) is 5.32 Å². The van der Waals surface area contributed by atoms with Gasteiger partial charge in [-0.15, -0.1) is 11.3 Å².